The van der Waals surface area contributed by atoms with Gasteiger partial charge in [0.2, 0.25) is 5.91 Å². The van der Waals surface area contributed by atoms with Crippen molar-refractivity contribution < 1.29 is 9.21 Å². The molecule has 0 radical (unpaired) electrons. The van der Waals surface area contributed by atoms with Crippen LogP contribution in [-0.4, -0.2) is 23.4 Å². The summed E-state index contributed by atoms with van der Waals surface area (Å²) in [6, 6.07) is 12.4. The minimum absolute atomic E-state index is 0.197. The highest BCUT2D eigenvalue weighted by molar-refractivity contribution is 5.77. The van der Waals surface area contributed by atoms with E-state index in [0.717, 1.165) is 49.3 Å². The van der Waals surface area contributed by atoms with Gasteiger partial charge < -0.3 is 15.1 Å². The number of nitrogens with two attached hydrogens (primary N) is 1. The number of carbonyl (C=O) groups excluding carboxylic acids is 1. The number of rotatable bonds is 3. The number of nitrogens with zero attached hydrogens (tertiary/aromatic N) is 1. The maximum absolute atomic E-state index is 12.6. The van der Waals surface area contributed by atoms with Gasteiger partial charge in [-0.2, -0.15) is 0 Å². The molecule has 0 unspecified atom stereocenters. The topological polar surface area (TPSA) is 59.5 Å². The SMILES string of the molecule is N[C@@H]1CCC[C@H]1CC(=O)N1CCc2cc(-c3ccccc3)oc2C1. The van der Waals surface area contributed by atoms with E-state index in [2.05, 4.69) is 18.2 Å². The van der Waals surface area contributed by atoms with Gasteiger partial charge in [0, 0.05) is 24.6 Å². The lowest BCUT2D eigenvalue weighted by Crippen LogP contribution is -2.38. The normalized spacial score (nSPS) is 23.3. The largest absolute Gasteiger partial charge is 0.459 e. The average Bonchev–Trinajstić information content (AvgIpc) is 3.21. The van der Waals surface area contributed by atoms with Crippen molar-refractivity contribution in [1.82, 2.24) is 4.90 Å². The molecule has 2 aromatic rings. The third kappa shape index (κ3) is 2.98. The van der Waals surface area contributed by atoms with Gasteiger partial charge in [0.15, 0.2) is 0 Å². The minimum Gasteiger partial charge on any atom is -0.459 e. The van der Waals surface area contributed by atoms with Crippen LogP contribution in [0.4, 0.5) is 0 Å². The van der Waals surface area contributed by atoms with Crippen molar-refractivity contribution in [1.29, 1.82) is 0 Å². The molecule has 0 bridgehead atoms. The molecule has 1 aromatic carbocycles. The molecule has 1 aliphatic heterocycles. The monoisotopic (exact) mass is 324 g/mol. The second-order valence-corrected chi connectivity index (χ2v) is 7.05. The molecule has 1 saturated carbocycles. The molecule has 1 fully saturated rings. The van der Waals surface area contributed by atoms with E-state index in [1.807, 2.05) is 23.1 Å². The average molecular weight is 324 g/mol. The standard InChI is InChI=1S/C20H24N2O2/c21-17-8-4-7-15(17)12-20(23)22-10-9-16-11-18(24-19(16)13-22)14-5-2-1-3-6-14/h1-3,5-6,11,15,17H,4,7-10,12-13,21H2/t15-,17+/m0/s1. The van der Waals surface area contributed by atoms with Gasteiger partial charge in [-0.15, -0.1) is 0 Å². The Bertz CT molecular complexity index is 722. The van der Waals surface area contributed by atoms with Crippen molar-refractivity contribution in [2.75, 3.05) is 6.54 Å². The van der Waals surface area contributed by atoms with Crippen molar-refractivity contribution in [3.63, 3.8) is 0 Å². The van der Waals surface area contributed by atoms with E-state index in [1.165, 1.54) is 5.56 Å². The molecule has 2 atom stereocenters. The molecule has 1 aromatic heterocycles. The number of benzene rings is 1. The Hall–Kier alpha value is -2.07. The first-order valence-corrected chi connectivity index (χ1v) is 8.91. The first-order chi connectivity index (χ1) is 11.7. The Morgan fingerprint density at radius 2 is 2.08 bits per heavy atom. The molecule has 2 N–H and O–H groups in total. The maximum Gasteiger partial charge on any atom is 0.223 e. The minimum atomic E-state index is 0.197. The number of hydrogen-bond donors (Lipinski definition) is 1. The van der Waals surface area contributed by atoms with Gasteiger partial charge in [0.1, 0.15) is 11.5 Å². The zero-order valence-corrected chi connectivity index (χ0v) is 13.9. The van der Waals surface area contributed by atoms with E-state index in [1.54, 1.807) is 0 Å². The summed E-state index contributed by atoms with van der Waals surface area (Å²) in [5.74, 6) is 2.41. The molecule has 1 amide bonds. The maximum atomic E-state index is 12.6. The smallest absolute Gasteiger partial charge is 0.223 e. The van der Waals surface area contributed by atoms with Crippen molar-refractivity contribution in [2.24, 2.45) is 11.7 Å². The first-order valence-electron chi connectivity index (χ1n) is 8.91. The quantitative estimate of drug-likeness (QED) is 0.942. The fraction of sp³-hybridized carbons (Fsp3) is 0.450. The molecule has 1 aliphatic carbocycles. The number of amides is 1. The lowest BCUT2D eigenvalue weighted by molar-refractivity contribution is -0.133. The summed E-state index contributed by atoms with van der Waals surface area (Å²) in [4.78, 5) is 14.6. The molecule has 4 nitrogen and oxygen atoms in total. The predicted octanol–water partition coefficient (Wildman–Crippen LogP) is 3.35. The zero-order chi connectivity index (χ0) is 16.5. The fourth-order valence-electron chi connectivity index (χ4n) is 3.95. The summed E-state index contributed by atoms with van der Waals surface area (Å²) in [5.41, 5.74) is 8.43. The van der Waals surface area contributed by atoms with E-state index < -0.39 is 0 Å². The van der Waals surface area contributed by atoms with Crippen LogP contribution < -0.4 is 5.73 Å². The zero-order valence-electron chi connectivity index (χ0n) is 13.9. The van der Waals surface area contributed by atoms with Crippen LogP contribution in [0.15, 0.2) is 40.8 Å². The summed E-state index contributed by atoms with van der Waals surface area (Å²) >= 11 is 0. The van der Waals surface area contributed by atoms with Gasteiger partial charge in [-0.3, -0.25) is 4.79 Å². The van der Waals surface area contributed by atoms with Crippen LogP contribution >= 0.6 is 0 Å². The fourth-order valence-corrected chi connectivity index (χ4v) is 3.95. The Labute approximate surface area is 142 Å². The van der Waals surface area contributed by atoms with Crippen molar-refractivity contribution in [3.05, 3.63) is 47.7 Å². The predicted molar refractivity (Wildman–Crippen MR) is 93.2 cm³/mol. The molecule has 4 rings (SSSR count). The summed E-state index contributed by atoms with van der Waals surface area (Å²) < 4.78 is 6.05. The Morgan fingerprint density at radius 3 is 2.83 bits per heavy atom. The lowest BCUT2D eigenvalue weighted by Gasteiger charge is -2.27. The molecule has 126 valence electrons. The molecule has 2 heterocycles. The summed E-state index contributed by atoms with van der Waals surface area (Å²) in [5, 5.41) is 0. The van der Waals surface area contributed by atoms with Crippen molar-refractivity contribution in [2.45, 2.75) is 44.7 Å². The molecule has 24 heavy (non-hydrogen) atoms. The highest BCUT2D eigenvalue weighted by atomic mass is 16.3. The number of carbonyl (C=O) groups is 1. The van der Waals surface area contributed by atoms with Crippen LogP contribution in [-0.2, 0) is 17.8 Å². The van der Waals surface area contributed by atoms with Gasteiger partial charge in [-0.25, -0.2) is 0 Å². The van der Waals surface area contributed by atoms with Crippen LogP contribution in [0.3, 0.4) is 0 Å². The molecule has 4 heteroatoms. The second kappa shape index (κ2) is 6.44. The van der Waals surface area contributed by atoms with E-state index in [-0.39, 0.29) is 11.9 Å². The highest BCUT2D eigenvalue weighted by Gasteiger charge is 2.30. The van der Waals surface area contributed by atoms with Crippen molar-refractivity contribution in [3.8, 4) is 11.3 Å². The summed E-state index contributed by atoms with van der Waals surface area (Å²) in [6.07, 6.45) is 4.75. The van der Waals surface area contributed by atoms with Crippen LogP contribution in [0.2, 0.25) is 0 Å². The Kier molecular flexibility index (Phi) is 4.15. The molecule has 2 aliphatic rings. The summed E-state index contributed by atoms with van der Waals surface area (Å²) in [7, 11) is 0. The Balaban J connectivity index is 1.46. The molecular formula is C20H24N2O2. The number of furan rings is 1. The van der Waals surface area contributed by atoms with E-state index >= 15 is 0 Å². The van der Waals surface area contributed by atoms with Gasteiger partial charge in [-0.05, 0) is 36.8 Å². The number of hydrogen-bond acceptors (Lipinski definition) is 3. The van der Waals surface area contributed by atoms with Crippen LogP contribution in [0, 0.1) is 5.92 Å². The lowest BCUT2D eigenvalue weighted by atomic mass is 9.98. The van der Waals surface area contributed by atoms with Gasteiger partial charge in [0.25, 0.3) is 0 Å². The van der Waals surface area contributed by atoms with E-state index in [9.17, 15) is 4.79 Å². The number of fused-ring (bicyclic) bond motifs is 1. The van der Waals surface area contributed by atoms with Gasteiger partial charge in [0.05, 0.1) is 6.54 Å². The molecule has 0 spiro atoms. The summed E-state index contributed by atoms with van der Waals surface area (Å²) in [6.45, 7) is 1.37. The Morgan fingerprint density at radius 1 is 1.25 bits per heavy atom. The van der Waals surface area contributed by atoms with E-state index in [4.69, 9.17) is 10.2 Å². The van der Waals surface area contributed by atoms with Crippen molar-refractivity contribution >= 4 is 5.91 Å². The highest BCUT2D eigenvalue weighted by Crippen LogP contribution is 2.31. The second-order valence-electron chi connectivity index (χ2n) is 7.05. The van der Waals surface area contributed by atoms with Crippen LogP contribution in [0.5, 0.6) is 0 Å². The third-order valence-corrected chi connectivity index (χ3v) is 5.45. The third-order valence-electron chi connectivity index (χ3n) is 5.45. The van der Waals surface area contributed by atoms with Gasteiger partial charge >= 0.3 is 0 Å². The first kappa shape index (κ1) is 15.5. The van der Waals surface area contributed by atoms with Crippen LogP contribution in [0.25, 0.3) is 11.3 Å². The van der Waals surface area contributed by atoms with Crippen LogP contribution in [0.1, 0.15) is 37.0 Å². The molecule has 0 saturated heterocycles. The van der Waals surface area contributed by atoms with E-state index in [0.29, 0.717) is 18.9 Å². The molecular weight excluding hydrogens is 300 g/mol. The van der Waals surface area contributed by atoms with Gasteiger partial charge in [-0.1, -0.05) is 36.8 Å².